The molecular weight excluding hydrogens is 324 g/mol. The van der Waals surface area contributed by atoms with Crippen LogP contribution < -0.4 is 10.6 Å². The standard InChI is InChI=1S/C21H22N4O/c1-14(2)16-7-9-17(10-8-16)24-21-22-12-11-19(25-21)20(26)23-18-6-4-5-15(3)13-18/h4-14H,1-3H3,(H,23,26)(H,22,24,25). The van der Waals surface area contributed by atoms with Crippen LogP contribution in [0.5, 0.6) is 0 Å². The third-order valence-corrected chi connectivity index (χ3v) is 4.00. The fraction of sp³-hybridized carbons (Fsp3) is 0.190. The maximum Gasteiger partial charge on any atom is 0.274 e. The van der Waals surface area contributed by atoms with Crippen LogP contribution in [0, 0.1) is 6.92 Å². The van der Waals surface area contributed by atoms with E-state index in [9.17, 15) is 4.79 Å². The lowest BCUT2D eigenvalue weighted by Crippen LogP contribution is -2.14. The van der Waals surface area contributed by atoms with E-state index < -0.39 is 0 Å². The zero-order valence-corrected chi connectivity index (χ0v) is 15.2. The van der Waals surface area contributed by atoms with Gasteiger partial charge in [0.2, 0.25) is 5.95 Å². The number of hydrogen-bond donors (Lipinski definition) is 2. The number of nitrogens with zero attached hydrogens (tertiary/aromatic N) is 2. The average Bonchev–Trinajstić information content (AvgIpc) is 2.62. The number of rotatable bonds is 5. The van der Waals surface area contributed by atoms with E-state index in [-0.39, 0.29) is 5.91 Å². The Kier molecular flexibility index (Phi) is 5.27. The molecule has 0 radical (unpaired) electrons. The van der Waals surface area contributed by atoms with Gasteiger partial charge in [-0.25, -0.2) is 9.97 Å². The first-order valence-electron chi connectivity index (χ1n) is 8.59. The molecule has 0 aliphatic heterocycles. The summed E-state index contributed by atoms with van der Waals surface area (Å²) in [6.07, 6.45) is 1.57. The van der Waals surface area contributed by atoms with Crippen molar-refractivity contribution in [2.45, 2.75) is 26.7 Å². The second kappa shape index (κ2) is 7.78. The maximum absolute atomic E-state index is 12.4. The highest BCUT2D eigenvalue weighted by Crippen LogP contribution is 2.19. The molecule has 1 amide bonds. The van der Waals surface area contributed by atoms with Crippen molar-refractivity contribution in [2.24, 2.45) is 0 Å². The van der Waals surface area contributed by atoms with Crippen molar-refractivity contribution in [3.8, 4) is 0 Å². The van der Waals surface area contributed by atoms with Crippen molar-refractivity contribution in [3.63, 3.8) is 0 Å². The zero-order valence-electron chi connectivity index (χ0n) is 15.2. The average molecular weight is 346 g/mol. The minimum Gasteiger partial charge on any atom is -0.324 e. The third kappa shape index (κ3) is 4.45. The first-order valence-corrected chi connectivity index (χ1v) is 8.59. The van der Waals surface area contributed by atoms with E-state index in [1.54, 1.807) is 12.3 Å². The first-order chi connectivity index (χ1) is 12.5. The molecule has 3 rings (SSSR count). The van der Waals surface area contributed by atoms with Gasteiger partial charge in [-0.05, 0) is 54.3 Å². The van der Waals surface area contributed by atoms with Crippen LogP contribution in [-0.2, 0) is 0 Å². The highest BCUT2D eigenvalue weighted by atomic mass is 16.1. The third-order valence-electron chi connectivity index (χ3n) is 4.00. The van der Waals surface area contributed by atoms with E-state index in [4.69, 9.17) is 0 Å². The second-order valence-electron chi connectivity index (χ2n) is 6.49. The van der Waals surface area contributed by atoms with Crippen LogP contribution in [0.1, 0.15) is 41.4 Å². The van der Waals surface area contributed by atoms with Crippen molar-refractivity contribution >= 4 is 23.2 Å². The molecule has 2 aromatic carbocycles. The van der Waals surface area contributed by atoms with Gasteiger partial charge in [0, 0.05) is 17.6 Å². The Hall–Kier alpha value is -3.21. The molecule has 26 heavy (non-hydrogen) atoms. The number of hydrogen-bond acceptors (Lipinski definition) is 4. The molecule has 0 spiro atoms. The summed E-state index contributed by atoms with van der Waals surface area (Å²) in [5.41, 5.74) is 4.28. The van der Waals surface area contributed by atoms with Gasteiger partial charge >= 0.3 is 0 Å². The normalized spacial score (nSPS) is 10.6. The van der Waals surface area contributed by atoms with Gasteiger partial charge in [-0.1, -0.05) is 38.1 Å². The summed E-state index contributed by atoms with van der Waals surface area (Å²) >= 11 is 0. The van der Waals surface area contributed by atoms with Gasteiger partial charge in [-0.2, -0.15) is 0 Å². The lowest BCUT2D eigenvalue weighted by Gasteiger charge is -2.09. The summed E-state index contributed by atoms with van der Waals surface area (Å²) in [7, 11) is 0. The molecule has 5 heteroatoms. The van der Waals surface area contributed by atoms with Gasteiger partial charge in [0.1, 0.15) is 5.69 Å². The molecule has 0 saturated heterocycles. The Morgan fingerprint density at radius 2 is 1.77 bits per heavy atom. The predicted molar refractivity (Wildman–Crippen MR) is 105 cm³/mol. The molecule has 0 bridgehead atoms. The van der Waals surface area contributed by atoms with Crippen LogP contribution in [0.15, 0.2) is 60.8 Å². The summed E-state index contributed by atoms with van der Waals surface area (Å²) < 4.78 is 0. The van der Waals surface area contributed by atoms with Gasteiger partial charge in [0.25, 0.3) is 5.91 Å². The van der Waals surface area contributed by atoms with Crippen LogP contribution in [0.25, 0.3) is 0 Å². The first kappa shape index (κ1) is 17.6. The molecule has 0 fully saturated rings. The maximum atomic E-state index is 12.4. The Labute approximate surface area is 153 Å². The molecule has 1 aromatic heterocycles. The van der Waals surface area contributed by atoms with Gasteiger partial charge in [0.05, 0.1) is 0 Å². The molecule has 5 nitrogen and oxygen atoms in total. The van der Waals surface area contributed by atoms with Crippen LogP contribution in [-0.4, -0.2) is 15.9 Å². The lowest BCUT2D eigenvalue weighted by molar-refractivity contribution is 0.102. The predicted octanol–water partition coefficient (Wildman–Crippen LogP) is 4.90. The van der Waals surface area contributed by atoms with Crippen molar-refractivity contribution in [1.82, 2.24) is 9.97 Å². The molecule has 1 heterocycles. The quantitative estimate of drug-likeness (QED) is 0.689. The van der Waals surface area contributed by atoms with Crippen molar-refractivity contribution < 1.29 is 4.79 Å². The monoisotopic (exact) mass is 346 g/mol. The van der Waals surface area contributed by atoms with Gasteiger partial charge in [-0.3, -0.25) is 4.79 Å². The molecule has 2 N–H and O–H groups in total. The molecular formula is C21H22N4O. The molecule has 0 atom stereocenters. The van der Waals surface area contributed by atoms with E-state index in [0.29, 0.717) is 17.6 Å². The van der Waals surface area contributed by atoms with E-state index in [1.165, 1.54) is 5.56 Å². The molecule has 0 unspecified atom stereocenters. The lowest BCUT2D eigenvalue weighted by atomic mass is 10.0. The van der Waals surface area contributed by atoms with Gasteiger partial charge in [0.15, 0.2) is 0 Å². The van der Waals surface area contributed by atoms with E-state index in [2.05, 4.69) is 46.6 Å². The number of aromatic nitrogens is 2. The fourth-order valence-electron chi connectivity index (χ4n) is 2.54. The summed E-state index contributed by atoms with van der Waals surface area (Å²) in [6.45, 7) is 6.29. The Morgan fingerprint density at radius 1 is 1.00 bits per heavy atom. The van der Waals surface area contributed by atoms with Crippen LogP contribution in [0.3, 0.4) is 0 Å². The fourth-order valence-corrected chi connectivity index (χ4v) is 2.54. The summed E-state index contributed by atoms with van der Waals surface area (Å²) in [5.74, 6) is 0.601. The minimum absolute atomic E-state index is 0.267. The Balaban J connectivity index is 1.72. The van der Waals surface area contributed by atoms with E-state index in [0.717, 1.165) is 16.9 Å². The van der Waals surface area contributed by atoms with Crippen molar-refractivity contribution in [2.75, 3.05) is 10.6 Å². The smallest absolute Gasteiger partial charge is 0.274 e. The number of carbonyl (C=O) groups is 1. The topological polar surface area (TPSA) is 66.9 Å². The molecule has 132 valence electrons. The van der Waals surface area contributed by atoms with Gasteiger partial charge in [-0.15, -0.1) is 0 Å². The number of benzene rings is 2. The number of amides is 1. The zero-order chi connectivity index (χ0) is 18.5. The summed E-state index contributed by atoms with van der Waals surface area (Å²) in [6, 6.07) is 17.3. The number of nitrogens with one attached hydrogen (secondary N) is 2. The largest absolute Gasteiger partial charge is 0.324 e. The van der Waals surface area contributed by atoms with Crippen molar-refractivity contribution in [3.05, 3.63) is 77.6 Å². The summed E-state index contributed by atoms with van der Waals surface area (Å²) in [4.78, 5) is 20.9. The summed E-state index contributed by atoms with van der Waals surface area (Å²) in [5, 5.41) is 5.99. The van der Waals surface area contributed by atoms with E-state index >= 15 is 0 Å². The molecule has 0 aliphatic carbocycles. The molecule has 3 aromatic rings. The SMILES string of the molecule is Cc1cccc(NC(=O)c2ccnc(Nc3ccc(C(C)C)cc3)n2)c1. The Bertz CT molecular complexity index is 904. The number of aryl methyl sites for hydroxylation is 1. The molecule has 0 aliphatic rings. The van der Waals surface area contributed by atoms with Crippen LogP contribution >= 0.6 is 0 Å². The van der Waals surface area contributed by atoms with Crippen molar-refractivity contribution in [1.29, 1.82) is 0 Å². The Morgan fingerprint density at radius 3 is 2.46 bits per heavy atom. The number of anilines is 3. The highest BCUT2D eigenvalue weighted by Gasteiger charge is 2.10. The van der Waals surface area contributed by atoms with Crippen LogP contribution in [0.2, 0.25) is 0 Å². The minimum atomic E-state index is -0.267. The number of carbonyl (C=O) groups excluding carboxylic acids is 1. The van der Waals surface area contributed by atoms with E-state index in [1.807, 2.05) is 43.3 Å². The van der Waals surface area contributed by atoms with Gasteiger partial charge < -0.3 is 10.6 Å². The second-order valence-corrected chi connectivity index (χ2v) is 6.49. The molecule has 0 saturated carbocycles. The van der Waals surface area contributed by atoms with Crippen LogP contribution in [0.4, 0.5) is 17.3 Å². The highest BCUT2D eigenvalue weighted by molar-refractivity contribution is 6.03.